The van der Waals surface area contributed by atoms with Crippen LogP contribution in [0.1, 0.15) is 38.2 Å². The van der Waals surface area contributed by atoms with E-state index in [1.54, 1.807) is 7.11 Å². The van der Waals surface area contributed by atoms with E-state index < -0.39 is 0 Å². The third-order valence-electron chi connectivity index (χ3n) is 4.67. The summed E-state index contributed by atoms with van der Waals surface area (Å²) in [5, 5.41) is 3.54. The van der Waals surface area contributed by atoms with E-state index >= 15 is 0 Å². The molecule has 0 amide bonds. The van der Waals surface area contributed by atoms with Gasteiger partial charge in [-0.2, -0.15) is 0 Å². The van der Waals surface area contributed by atoms with Crippen LogP contribution in [0.15, 0.2) is 22.7 Å². The number of methoxy groups -OCH3 is 1. The van der Waals surface area contributed by atoms with Crippen LogP contribution in [0.25, 0.3) is 0 Å². The van der Waals surface area contributed by atoms with Gasteiger partial charge in [0.05, 0.1) is 11.6 Å². The Hall–Kier alpha value is -0.540. The zero-order chi connectivity index (χ0) is 14.5. The Labute approximate surface area is 131 Å². The number of nitrogens with one attached hydrogen (secondary N) is 1. The maximum absolute atomic E-state index is 5.30. The summed E-state index contributed by atoms with van der Waals surface area (Å²) in [6.45, 7) is 2.38. The average molecular weight is 340 g/mol. The highest BCUT2D eigenvalue weighted by atomic mass is 79.9. The van der Waals surface area contributed by atoms with Crippen molar-refractivity contribution >= 4 is 15.9 Å². The van der Waals surface area contributed by atoms with Gasteiger partial charge in [-0.15, -0.1) is 0 Å². The molecule has 1 aromatic rings. The van der Waals surface area contributed by atoms with Gasteiger partial charge in [-0.25, -0.2) is 0 Å². The number of rotatable bonds is 5. The van der Waals surface area contributed by atoms with Gasteiger partial charge < -0.3 is 10.1 Å². The molecule has 0 bridgehead atoms. The van der Waals surface area contributed by atoms with E-state index in [2.05, 4.69) is 53.4 Å². The highest BCUT2D eigenvalue weighted by molar-refractivity contribution is 9.10. The molecule has 0 aromatic heterocycles. The molecular formula is C17H26BrNO. The summed E-state index contributed by atoms with van der Waals surface area (Å²) in [6.07, 6.45) is 6.59. The first-order chi connectivity index (χ1) is 9.63. The van der Waals surface area contributed by atoms with Crippen molar-refractivity contribution in [2.75, 3.05) is 14.2 Å². The summed E-state index contributed by atoms with van der Waals surface area (Å²) >= 11 is 3.58. The molecule has 2 nitrogen and oxygen atoms in total. The Balaban J connectivity index is 2.00. The Bertz CT molecular complexity index is 427. The van der Waals surface area contributed by atoms with Gasteiger partial charge in [-0.3, -0.25) is 0 Å². The first-order valence-corrected chi connectivity index (χ1v) is 8.43. The molecule has 112 valence electrons. The van der Waals surface area contributed by atoms with Gasteiger partial charge in [0.2, 0.25) is 0 Å². The minimum Gasteiger partial charge on any atom is -0.496 e. The average Bonchev–Trinajstić information content (AvgIpc) is 2.46. The third kappa shape index (κ3) is 3.98. The van der Waals surface area contributed by atoms with Crippen LogP contribution in [-0.2, 0) is 6.42 Å². The highest BCUT2D eigenvalue weighted by Gasteiger charge is 2.25. The van der Waals surface area contributed by atoms with E-state index in [-0.39, 0.29) is 0 Å². The largest absolute Gasteiger partial charge is 0.496 e. The second-order valence-electron chi connectivity index (χ2n) is 6.09. The molecule has 3 heteroatoms. The molecule has 1 atom stereocenters. The van der Waals surface area contributed by atoms with Crippen molar-refractivity contribution in [3.8, 4) is 5.75 Å². The van der Waals surface area contributed by atoms with Gasteiger partial charge in [0.15, 0.2) is 0 Å². The van der Waals surface area contributed by atoms with Crippen LogP contribution >= 0.6 is 15.9 Å². The first kappa shape index (κ1) is 15.8. The zero-order valence-corrected chi connectivity index (χ0v) is 14.4. The van der Waals surface area contributed by atoms with Crippen molar-refractivity contribution in [1.82, 2.24) is 5.32 Å². The molecule has 20 heavy (non-hydrogen) atoms. The molecule has 1 fully saturated rings. The SMILES string of the molecule is CNC(Cc1ccc(OC)c(Br)c1)C1CCC(C)CC1. The topological polar surface area (TPSA) is 21.3 Å². The summed E-state index contributed by atoms with van der Waals surface area (Å²) in [4.78, 5) is 0. The van der Waals surface area contributed by atoms with Gasteiger partial charge in [0, 0.05) is 6.04 Å². The Morgan fingerprint density at radius 2 is 2.00 bits per heavy atom. The van der Waals surface area contributed by atoms with Gasteiger partial charge in [-0.05, 0) is 71.8 Å². The van der Waals surface area contributed by atoms with Crippen molar-refractivity contribution in [2.24, 2.45) is 11.8 Å². The molecule has 1 saturated carbocycles. The van der Waals surface area contributed by atoms with Crippen LogP contribution in [0.4, 0.5) is 0 Å². The third-order valence-corrected chi connectivity index (χ3v) is 5.29. The number of hydrogen-bond donors (Lipinski definition) is 1. The maximum atomic E-state index is 5.30. The van der Waals surface area contributed by atoms with Crippen LogP contribution in [0.5, 0.6) is 5.75 Å². The summed E-state index contributed by atoms with van der Waals surface area (Å²) in [6, 6.07) is 7.01. The van der Waals surface area contributed by atoms with Crippen molar-refractivity contribution < 1.29 is 4.74 Å². The molecule has 1 aliphatic carbocycles. The number of halogens is 1. The molecular weight excluding hydrogens is 314 g/mol. The second kappa shape index (κ2) is 7.46. The predicted octanol–water partition coefficient (Wildman–Crippen LogP) is 4.41. The molecule has 0 radical (unpaired) electrons. The number of benzene rings is 1. The monoisotopic (exact) mass is 339 g/mol. The van der Waals surface area contributed by atoms with Gasteiger partial charge in [0.1, 0.15) is 5.75 Å². The van der Waals surface area contributed by atoms with Gasteiger partial charge >= 0.3 is 0 Å². The fourth-order valence-corrected chi connectivity index (χ4v) is 3.87. The Kier molecular flexibility index (Phi) is 5.91. The van der Waals surface area contributed by atoms with E-state index in [0.717, 1.165) is 28.5 Å². The quantitative estimate of drug-likeness (QED) is 0.857. The minimum absolute atomic E-state index is 0.586. The van der Waals surface area contributed by atoms with E-state index in [4.69, 9.17) is 4.74 Å². The number of hydrogen-bond acceptors (Lipinski definition) is 2. The molecule has 0 spiro atoms. The molecule has 0 aliphatic heterocycles. The van der Waals surface area contributed by atoms with E-state index in [9.17, 15) is 0 Å². The summed E-state index contributed by atoms with van der Waals surface area (Å²) in [7, 11) is 3.81. The van der Waals surface area contributed by atoms with Gasteiger partial charge in [0.25, 0.3) is 0 Å². The van der Waals surface area contributed by atoms with Crippen molar-refractivity contribution in [2.45, 2.75) is 45.1 Å². The molecule has 1 N–H and O–H groups in total. The summed E-state index contributed by atoms with van der Waals surface area (Å²) < 4.78 is 6.34. The zero-order valence-electron chi connectivity index (χ0n) is 12.8. The fraction of sp³-hybridized carbons (Fsp3) is 0.647. The first-order valence-electron chi connectivity index (χ1n) is 7.63. The number of likely N-dealkylation sites (N-methyl/N-ethyl adjacent to an activating group) is 1. The standard InChI is InChI=1S/C17H26BrNO/c1-12-4-7-14(8-5-12)16(19-2)11-13-6-9-17(20-3)15(18)10-13/h6,9-10,12,14,16,19H,4-5,7-8,11H2,1-3H3. The van der Waals surface area contributed by atoms with Crippen LogP contribution in [-0.4, -0.2) is 20.2 Å². The van der Waals surface area contributed by atoms with Gasteiger partial charge in [-0.1, -0.05) is 25.8 Å². The smallest absolute Gasteiger partial charge is 0.133 e. The lowest BCUT2D eigenvalue weighted by Gasteiger charge is -2.32. The number of ether oxygens (including phenoxy) is 1. The lowest BCUT2D eigenvalue weighted by molar-refractivity contribution is 0.235. The lowest BCUT2D eigenvalue weighted by atomic mass is 9.78. The molecule has 0 heterocycles. The van der Waals surface area contributed by atoms with Crippen molar-refractivity contribution in [1.29, 1.82) is 0 Å². The summed E-state index contributed by atoms with van der Waals surface area (Å²) in [5.41, 5.74) is 1.37. The van der Waals surface area contributed by atoms with E-state index in [1.165, 1.54) is 31.2 Å². The van der Waals surface area contributed by atoms with Crippen molar-refractivity contribution in [3.63, 3.8) is 0 Å². The van der Waals surface area contributed by atoms with Crippen LogP contribution < -0.4 is 10.1 Å². The highest BCUT2D eigenvalue weighted by Crippen LogP contribution is 2.32. The van der Waals surface area contributed by atoms with Crippen LogP contribution in [0.3, 0.4) is 0 Å². The second-order valence-corrected chi connectivity index (χ2v) is 6.94. The minimum atomic E-state index is 0.586. The Morgan fingerprint density at radius 1 is 1.30 bits per heavy atom. The normalized spacial score (nSPS) is 24.4. The molecule has 2 rings (SSSR count). The lowest BCUT2D eigenvalue weighted by Crippen LogP contribution is -2.37. The summed E-state index contributed by atoms with van der Waals surface area (Å²) in [5.74, 6) is 2.64. The van der Waals surface area contributed by atoms with Crippen LogP contribution in [0, 0.1) is 11.8 Å². The molecule has 1 aliphatic rings. The molecule has 1 unspecified atom stereocenters. The molecule has 0 saturated heterocycles. The predicted molar refractivity (Wildman–Crippen MR) is 88.4 cm³/mol. The maximum Gasteiger partial charge on any atom is 0.133 e. The fourth-order valence-electron chi connectivity index (χ4n) is 3.28. The van der Waals surface area contributed by atoms with E-state index in [1.807, 2.05) is 0 Å². The van der Waals surface area contributed by atoms with Crippen molar-refractivity contribution in [3.05, 3.63) is 28.2 Å². The molecule has 1 aromatic carbocycles. The van der Waals surface area contributed by atoms with Crippen LogP contribution in [0.2, 0.25) is 0 Å². The Morgan fingerprint density at radius 3 is 2.55 bits per heavy atom. The van der Waals surface area contributed by atoms with E-state index in [0.29, 0.717) is 6.04 Å².